The number of pyridine rings is 1. The molecule has 4 nitrogen and oxygen atoms in total. The van der Waals surface area contributed by atoms with Gasteiger partial charge in [-0.25, -0.2) is 4.98 Å². The fraction of sp³-hybridized carbons (Fsp3) is 0.0769. The highest BCUT2D eigenvalue weighted by Crippen LogP contribution is 2.23. The number of hydrogen-bond acceptors (Lipinski definition) is 4. The summed E-state index contributed by atoms with van der Waals surface area (Å²) < 4.78 is 0. The standard InChI is InChI=1S/C13H12ClN3OS/c1-19-9-3-4-11(14)10(6-9)13(18)17-8-2-5-12(15)16-7-8/h2-7H,1H3,(H2,15,16)(H,17,18). The van der Waals surface area contributed by atoms with Gasteiger partial charge < -0.3 is 11.1 Å². The van der Waals surface area contributed by atoms with Crippen molar-refractivity contribution in [3.63, 3.8) is 0 Å². The van der Waals surface area contributed by atoms with Gasteiger partial charge in [-0.1, -0.05) is 11.6 Å². The number of aromatic nitrogens is 1. The summed E-state index contributed by atoms with van der Waals surface area (Å²) in [5, 5.41) is 3.14. The second kappa shape index (κ2) is 5.95. The number of benzene rings is 1. The number of nitrogen functional groups attached to an aromatic ring is 1. The lowest BCUT2D eigenvalue weighted by atomic mass is 10.2. The van der Waals surface area contributed by atoms with Gasteiger partial charge in [0.2, 0.25) is 0 Å². The molecule has 98 valence electrons. The summed E-state index contributed by atoms with van der Waals surface area (Å²) in [6, 6.07) is 8.65. The zero-order chi connectivity index (χ0) is 13.8. The van der Waals surface area contributed by atoms with Gasteiger partial charge in [-0.2, -0.15) is 0 Å². The molecule has 0 fully saturated rings. The maximum absolute atomic E-state index is 12.1. The Labute approximate surface area is 120 Å². The zero-order valence-electron chi connectivity index (χ0n) is 10.2. The van der Waals surface area contributed by atoms with E-state index in [1.165, 1.54) is 6.20 Å². The van der Waals surface area contributed by atoms with Gasteiger partial charge in [0.15, 0.2) is 0 Å². The number of nitrogens with zero attached hydrogens (tertiary/aromatic N) is 1. The van der Waals surface area contributed by atoms with Gasteiger partial charge in [0.05, 0.1) is 22.5 Å². The fourth-order valence-corrected chi connectivity index (χ4v) is 2.13. The lowest BCUT2D eigenvalue weighted by Crippen LogP contribution is -2.12. The van der Waals surface area contributed by atoms with Crippen LogP contribution in [0.1, 0.15) is 10.4 Å². The van der Waals surface area contributed by atoms with Gasteiger partial charge in [0.25, 0.3) is 5.91 Å². The number of carbonyl (C=O) groups excluding carboxylic acids is 1. The molecule has 0 unspecified atom stereocenters. The number of carbonyl (C=O) groups is 1. The first-order chi connectivity index (χ1) is 9.10. The molecule has 0 aliphatic rings. The third-order valence-corrected chi connectivity index (χ3v) is 3.52. The minimum Gasteiger partial charge on any atom is -0.384 e. The van der Waals surface area contributed by atoms with E-state index in [2.05, 4.69) is 10.3 Å². The summed E-state index contributed by atoms with van der Waals surface area (Å²) in [4.78, 5) is 17.0. The predicted molar refractivity (Wildman–Crippen MR) is 79.8 cm³/mol. The Morgan fingerprint density at radius 3 is 2.79 bits per heavy atom. The van der Waals surface area contributed by atoms with E-state index in [1.54, 1.807) is 36.0 Å². The van der Waals surface area contributed by atoms with E-state index >= 15 is 0 Å². The van der Waals surface area contributed by atoms with Crippen LogP contribution in [-0.4, -0.2) is 17.1 Å². The van der Waals surface area contributed by atoms with Gasteiger partial charge in [-0.3, -0.25) is 4.79 Å². The molecule has 0 spiro atoms. The van der Waals surface area contributed by atoms with E-state index in [4.69, 9.17) is 17.3 Å². The third-order valence-electron chi connectivity index (χ3n) is 2.46. The third kappa shape index (κ3) is 3.39. The molecule has 19 heavy (non-hydrogen) atoms. The van der Waals surface area contributed by atoms with Crippen molar-refractivity contribution in [2.45, 2.75) is 4.90 Å². The largest absolute Gasteiger partial charge is 0.384 e. The molecule has 0 aliphatic heterocycles. The van der Waals surface area contributed by atoms with Crippen LogP contribution < -0.4 is 11.1 Å². The molecule has 3 N–H and O–H groups in total. The van der Waals surface area contributed by atoms with Crippen LogP contribution in [0.3, 0.4) is 0 Å². The Kier molecular flexibility index (Phi) is 4.29. The molecule has 0 radical (unpaired) electrons. The fourth-order valence-electron chi connectivity index (χ4n) is 1.48. The van der Waals surface area contributed by atoms with Gasteiger partial charge in [-0.05, 0) is 36.6 Å². The van der Waals surface area contributed by atoms with Crippen molar-refractivity contribution in [1.82, 2.24) is 4.98 Å². The maximum Gasteiger partial charge on any atom is 0.257 e. The molecule has 2 aromatic rings. The van der Waals surface area contributed by atoms with Gasteiger partial charge in [0, 0.05) is 4.90 Å². The quantitative estimate of drug-likeness (QED) is 0.852. The van der Waals surface area contributed by atoms with Crippen LogP contribution in [0.5, 0.6) is 0 Å². The van der Waals surface area contributed by atoms with E-state index in [1.807, 2.05) is 12.3 Å². The Morgan fingerprint density at radius 1 is 1.37 bits per heavy atom. The summed E-state index contributed by atoms with van der Waals surface area (Å²) in [6.45, 7) is 0. The SMILES string of the molecule is CSc1ccc(Cl)c(C(=O)Nc2ccc(N)nc2)c1. The summed E-state index contributed by atoms with van der Waals surface area (Å²) in [5.74, 6) is 0.132. The number of anilines is 2. The highest BCUT2D eigenvalue weighted by atomic mass is 35.5. The minimum absolute atomic E-state index is 0.271. The van der Waals surface area contributed by atoms with E-state index in [0.29, 0.717) is 22.1 Å². The van der Waals surface area contributed by atoms with Crippen LogP contribution in [0.4, 0.5) is 11.5 Å². The highest BCUT2D eigenvalue weighted by molar-refractivity contribution is 7.98. The van der Waals surface area contributed by atoms with Crippen LogP contribution in [0.2, 0.25) is 5.02 Å². The molecule has 0 atom stereocenters. The predicted octanol–water partition coefficient (Wildman–Crippen LogP) is 3.29. The van der Waals surface area contributed by atoms with Crippen LogP contribution in [0.25, 0.3) is 0 Å². The van der Waals surface area contributed by atoms with Crippen molar-refractivity contribution in [1.29, 1.82) is 0 Å². The zero-order valence-corrected chi connectivity index (χ0v) is 11.8. The maximum atomic E-state index is 12.1. The number of amides is 1. The first kappa shape index (κ1) is 13.7. The molecule has 2 rings (SSSR count). The second-order valence-corrected chi connectivity index (χ2v) is 5.06. The Hall–Kier alpha value is -1.72. The van der Waals surface area contributed by atoms with Crippen LogP contribution in [0.15, 0.2) is 41.4 Å². The van der Waals surface area contributed by atoms with Crippen molar-refractivity contribution >= 4 is 40.8 Å². The molecule has 0 aliphatic carbocycles. The van der Waals surface area contributed by atoms with E-state index in [-0.39, 0.29) is 5.91 Å². The van der Waals surface area contributed by atoms with Gasteiger partial charge in [0.1, 0.15) is 5.82 Å². The first-order valence-corrected chi connectivity index (χ1v) is 7.07. The average molecular weight is 294 g/mol. The molecule has 1 amide bonds. The minimum atomic E-state index is -0.271. The van der Waals surface area contributed by atoms with E-state index < -0.39 is 0 Å². The number of nitrogens with two attached hydrogens (primary N) is 1. The highest BCUT2D eigenvalue weighted by Gasteiger charge is 2.11. The number of thioether (sulfide) groups is 1. The lowest BCUT2D eigenvalue weighted by molar-refractivity contribution is 0.102. The smallest absolute Gasteiger partial charge is 0.257 e. The van der Waals surface area contributed by atoms with Crippen molar-refractivity contribution < 1.29 is 4.79 Å². The monoisotopic (exact) mass is 293 g/mol. The van der Waals surface area contributed by atoms with Crippen molar-refractivity contribution in [3.8, 4) is 0 Å². The van der Waals surface area contributed by atoms with Crippen LogP contribution >= 0.6 is 23.4 Å². The van der Waals surface area contributed by atoms with E-state index in [0.717, 1.165) is 4.90 Å². The first-order valence-electron chi connectivity index (χ1n) is 5.46. The summed E-state index contributed by atoms with van der Waals surface area (Å²) in [7, 11) is 0. The average Bonchev–Trinajstić information content (AvgIpc) is 2.42. The summed E-state index contributed by atoms with van der Waals surface area (Å²) in [5.41, 5.74) is 6.49. The summed E-state index contributed by atoms with van der Waals surface area (Å²) >= 11 is 7.58. The van der Waals surface area contributed by atoms with Crippen molar-refractivity contribution in [2.24, 2.45) is 0 Å². The molecule has 1 aromatic carbocycles. The van der Waals surface area contributed by atoms with Crippen molar-refractivity contribution in [3.05, 3.63) is 47.1 Å². The van der Waals surface area contributed by atoms with Crippen LogP contribution in [0, 0.1) is 0 Å². The topological polar surface area (TPSA) is 68.0 Å². The summed E-state index contributed by atoms with van der Waals surface area (Å²) in [6.07, 6.45) is 3.44. The van der Waals surface area contributed by atoms with Gasteiger partial charge in [-0.15, -0.1) is 11.8 Å². The number of nitrogens with one attached hydrogen (secondary N) is 1. The normalized spacial score (nSPS) is 10.2. The number of hydrogen-bond donors (Lipinski definition) is 2. The van der Waals surface area contributed by atoms with Gasteiger partial charge >= 0.3 is 0 Å². The molecule has 0 saturated heterocycles. The molecule has 0 saturated carbocycles. The van der Waals surface area contributed by atoms with Crippen LogP contribution in [-0.2, 0) is 0 Å². The van der Waals surface area contributed by atoms with Crippen molar-refractivity contribution in [2.75, 3.05) is 17.3 Å². The molecule has 6 heteroatoms. The lowest BCUT2D eigenvalue weighted by Gasteiger charge is -2.08. The number of rotatable bonds is 3. The molecule has 0 bridgehead atoms. The second-order valence-electron chi connectivity index (χ2n) is 3.77. The Morgan fingerprint density at radius 2 is 2.16 bits per heavy atom. The molecule has 1 heterocycles. The molecule has 1 aromatic heterocycles. The molecular weight excluding hydrogens is 282 g/mol. The molecular formula is C13H12ClN3OS. The Balaban J connectivity index is 2.22. The van der Waals surface area contributed by atoms with E-state index in [9.17, 15) is 4.79 Å². The number of halogens is 1. The Bertz CT molecular complexity index is 601.